The van der Waals surface area contributed by atoms with Crippen LogP contribution in [0.5, 0.6) is 5.75 Å². The number of rotatable bonds is 5. The maximum absolute atomic E-state index is 6.15. The van der Waals surface area contributed by atoms with E-state index < -0.39 is 6.29 Å². The zero-order valence-electron chi connectivity index (χ0n) is 18.3. The molecule has 8 heteroatoms. The number of ether oxygens (including phenoxy) is 1. The summed E-state index contributed by atoms with van der Waals surface area (Å²) in [6.07, 6.45) is 1.90. The van der Waals surface area contributed by atoms with E-state index in [1.54, 1.807) is 0 Å². The van der Waals surface area contributed by atoms with E-state index in [4.69, 9.17) is 10.5 Å². The fourth-order valence-corrected chi connectivity index (χ4v) is 3.84. The van der Waals surface area contributed by atoms with Crippen LogP contribution in [-0.4, -0.2) is 42.8 Å². The molecule has 166 valence electrons. The summed E-state index contributed by atoms with van der Waals surface area (Å²) in [5.74, 6) is 1.94. The average Bonchev–Trinajstić information content (AvgIpc) is 3.26. The molecular formula is C23H31ClN6O. The van der Waals surface area contributed by atoms with Gasteiger partial charge in [-0.3, -0.25) is 4.90 Å². The van der Waals surface area contributed by atoms with Gasteiger partial charge in [0.15, 0.2) is 0 Å². The van der Waals surface area contributed by atoms with Crippen LogP contribution in [0.4, 0.5) is 11.4 Å². The van der Waals surface area contributed by atoms with Gasteiger partial charge in [0.25, 0.3) is 0 Å². The van der Waals surface area contributed by atoms with Crippen molar-refractivity contribution in [3.63, 3.8) is 0 Å². The molecule has 0 bridgehead atoms. The van der Waals surface area contributed by atoms with Crippen LogP contribution in [0.1, 0.15) is 30.9 Å². The predicted molar refractivity (Wildman–Crippen MR) is 131 cm³/mol. The van der Waals surface area contributed by atoms with Gasteiger partial charge in [0, 0.05) is 24.8 Å². The Morgan fingerprint density at radius 1 is 1.10 bits per heavy atom. The van der Waals surface area contributed by atoms with Crippen LogP contribution in [0.25, 0.3) is 0 Å². The molecule has 31 heavy (non-hydrogen) atoms. The van der Waals surface area contributed by atoms with Crippen molar-refractivity contribution in [2.75, 3.05) is 29.9 Å². The van der Waals surface area contributed by atoms with E-state index >= 15 is 0 Å². The Morgan fingerprint density at radius 3 is 2.58 bits per heavy atom. The lowest BCUT2D eigenvalue weighted by Gasteiger charge is -2.38. The molecule has 2 aliphatic rings. The van der Waals surface area contributed by atoms with E-state index in [0.29, 0.717) is 6.61 Å². The molecule has 0 radical (unpaired) electrons. The number of benzene rings is 2. The summed E-state index contributed by atoms with van der Waals surface area (Å²) in [7, 11) is 0. The highest BCUT2D eigenvalue weighted by Crippen LogP contribution is 2.28. The van der Waals surface area contributed by atoms with Gasteiger partial charge in [0.1, 0.15) is 5.75 Å². The van der Waals surface area contributed by atoms with E-state index in [1.165, 1.54) is 11.1 Å². The first kappa shape index (κ1) is 22.7. The molecule has 2 aromatic rings. The first-order valence-electron chi connectivity index (χ1n) is 10.6. The zero-order valence-corrected chi connectivity index (χ0v) is 19.2. The molecule has 1 atom stereocenters. The average molecular weight is 443 g/mol. The Hall–Kier alpha value is -2.93. The van der Waals surface area contributed by atoms with Crippen molar-refractivity contribution in [2.24, 2.45) is 15.7 Å². The number of halogens is 1. The van der Waals surface area contributed by atoms with Crippen LogP contribution in [-0.2, 0) is 0 Å². The summed E-state index contributed by atoms with van der Waals surface area (Å²) in [4.78, 5) is 13.7. The first-order valence-corrected chi connectivity index (χ1v) is 10.6. The maximum Gasteiger partial charge on any atom is 0.222 e. The number of aryl methyl sites for hydroxylation is 2. The Labute approximate surface area is 190 Å². The second-order valence-electron chi connectivity index (χ2n) is 7.71. The highest BCUT2D eigenvalue weighted by atomic mass is 35.5. The summed E-state index contributed by atoms with van der Waals surface area (Å²) < 4.78 is 5.74. The first-order chi connectivity index (χ1) is 14.5. The normalized spacial score (nSPS) is 18.2. The number of hydrogen-bond donors (Lipinski definition) is 2. The summed E-state index contributed by atoms with van der Waals surface area (Å²) in [6.45, 7) is 8.75. The third kappa shape index (κ3) is 5.05. The standard InChI is InChI=1S/C23H30N6O.ClH/c1-4-30-20-9-7-8-19(15-20)29-22(25-18-11-10-16(2)17(3)14-18)26-21(24)27-23(29)28-12-5-6-13-28;/h7-11,14-15,22,25H,4-6,12-13H2,1-3H3,(H2,24,26);1H. The highest BCUT2D eigenvalue weighted by Gasteiger charge is 2.32. The molecule has 0 aromatic heterocycles. The van der Waals surface area contributed by atoms with E-state index in [0.717, 1.165) is 49.0 Å². The Bertz CT molecular complexity index is 970. The van der Waals surface area contributed by atoms with Gasteiger partial charge >= 0.3 is 0 Å². The van der Waals surface area contributed by atoms with Crippen molar-refractivity contribution in [1.29, 1.82) is 0 Å². The van der Waals surface area contributed by atoms with Crippen molar-refractivity contribution in [2.45, 2.75) is 39.9 Å². The molecule has 1 fully saturated rings. The topological polar surface area (TPSA) is 78.5 Å². The third-order valence-corrected chi connectivity index (χ3v) is 5.53. The SMILES string of the molecule is CCOc1cccc(N2C(N3CCCC3)=NC(N)=NC2Nc2ccc(C)c(C)c2)c1.Cl. The largest absolute Gasteiger partial charge is 0.494 e. The lowest BCUT2D eigenvalue weighted by atomic mass is 10.1. The van der Waals surface area contributed by atoms with Gasteiger partial charge in [-0.2, -0.15) is 4.99 Å². The molecule has 0 saturated carbocycles. The molecule has 2 aliphatic heterocycles. The minimum Gasteiger partial charge on any atom is -0.494 e. The second-order valence-corrected chi connectivity index (χ2v) is 7.71. The molecule has 3 N–H and O–H groups in total. The van der Waals surface area contributed by atoms with Crippen LogP contribution in [0.2, 0.25) is 0 Å². The monoisotopic (exact) mass is 442 g/mol. The third-order valence-electron chi connectivity index (χ3n) is 5.53. The molecule has 1 unspecified atom stereocenters. The van der Waals surface area contributed by atoms with Gasteiger partial charge in [-0.1, -0.05) is 12.1 Å². The molecular weight excluding hydrogens is 412 g/mol. The van der Waals surface area contributed by atoms with Gasteiger partial charge in [-0.15, -0.1) is 12.4 Å². The quantitative estimate of drug-likeness (QED) is 0.728. The molecule has 0 amide bonds. The Kier molecular flexibility index (Phi) is 7.28. The van der Waals surface area contributed by atoms with Gasteiger partial charge < -0.3 is 20.7 Å². The number of hydrogen-bond acceptors (Lipinski definition) is 7. The van der Waals surface area contributed by atoms with Crippen LogP contribution in [0, 0.1) is 13.8 Å². The summed E-state index contributed by atoms with van der Waals surface area (Å²) in [6, 6.07) is 14.4. The van der Waals surface area contributed by atoms with Crippen molar-refractivity contribution in [3.8, 4) is 5.75 Å². The number of nitrogens with zero attached hydrogens (tertiary/aromatic N) is 4. The molecule has 4 rings (SSSR count). The van der Waals surface area contributed by atoms with Crippen LogP contribution in [0.15, 0.2) is 52.4 Å². The number of nitrogens with one attached hydrogen (secondary N) is 1. The fraction of sp³-hybridized carbons (Fsp3) is 0.391. The van der Waals surface area contributed by atoms with Crippen molar-refractivity contribution < 1.29 is 4.74 Å². The summed E-state index contributed by atoms with van der Waals surface area (Å²) in [5.41, 5.74) is 10.6. The van der Waals surface area contributed by atoms with Crippen molar-refractivity contribution in [3.05, 3.63) is 53.6 Å². The van der Waals surface area contributed by atoms with Gasteiger partial charge in [-0.25, -0.2) is 4.99 Å². The molecule has 0 aliphatic carbocycles. The summed E-state index contributed by atoms with van der Waals surface area (Å²) in [5, 5.41) is 3.54. The maximum atomic E-state index is 6.15. The lowest BCUT2D eigenvalue weighted by molar-refractivity contribution is 0.340. The van der Waals surface area contributed by atoms with Crippen molar-refractivity contribution in [1.82, 2.24) is 4.90 Å². The number of likely N-dealkylation sites (tertiary alicyclic amines) is 1. The number of aliphatic imine (C=N–C) groups is 2. The van der Waals surface area contributed by atoms with E-state index in [1.807, 2.05) is 25.1 Å². The van der Waals surface area contributed by atoms with Gasteiger partial charge in [0.2, 0.25) is 18.2 Å². The number of anilines is 2. The second kappa shape index (κ2) is 9.92. The Morgan fingerprint density at radius 2 is 1.87 bits per heavy atom. The van der Waals surface area contributed by atoms with E-state index in [2.05, 4.69) is 63.2 Å². The highest BCUT2D eigenvalue weighted by molar-refractivity contribution is 6.06. The van der Waals surface area contributed by atoms with Crippen molar-refractivity contribution >= 4 is 35.7 Å². The van der Waals surface area contributed by atoms with Gasteiger partial charge in [-0.05, 0) is 69.0 Å². The van der Waals surface area contributed by atoms with E-state index in [9.17, 15) is 0 Å². The van der Waals surface area contributed by atoms with Crippen LogP contribution >= 0.6 is 12.4 Å². The molecule has 0 spiro atoms. The Balaban J connectivity index is 0.00000272. The molecule has 2 aromatic carbocycles. The minimum absolute atomic E-state index is 0. The van der Waals surface area contributed by atoms with Gasteiger partial charge in [0.05, 0.1) is 12.3 Å². The molecule has 1 saturated heterocycles. The smallest absolute Gasteiger partial charge is 0.222 e. The fourth-order valence-electron chi connectivity index (χ4n) is 3.84. The summed E-state index contributed by atoms with van der Waals surface area (Å²) >= 11 is 0. The number of guanidine groups is 2. The zero-order chi connectivity index (χ0) is 21.1. The predicted octanol–water partition coefficient (Wildman–Crippen LogP) is 4.11. The van der Waals surface area contributed by atoms with E-state index in [-0.39, 0.29) is 18.4 Å². The molecule has 2 heterocycles. The van der Waals surface area contributed by atoms with Crippen LogP contribution < -0.4 is 20.7 Å². The van der Waals surface area contributed by atoms with Crippen LogP contribution in [0.3, 0.4) is 0 Å². The molecule has 7 nitrogen and oxygen atoms in total. The minimum atomic E-state index is -0.405. The lowest BCUT2D eigenvalue weighted by Crippen LogP contribution is -2.54. The number of nitrogens with two attached hydrogens (primary N) is 1.